The number of benzene rings is 2. The molecule has 4 rings (SSSR count). The number of hydrogen-bond acceptors (Lipinski definition) is 4. The van der Waals surface area contributed by atoms with Crippen molar-refractivity contribution >= 4 is 20.9 Å². The van der Waals surface area contributed by atoms with Gasteiger partial charge < -0.3 is 4.57 Å². The second-order valence-electron chi connectivity index (χ2n) is 8.59. The summed E-state index contributed by atoms with van der Waals surface area (Å²) in [5, 5.41) is 10.4. The van der Waals surface area contributed by atoms with Crippen LogP contribution in [-0.2, 0) is 16.4 Å². The topological polar surface area (TPSA) is 87.8 Å². The number of aromatic nitrogens is 2. The Bertz CT molecular complexity index is 1640. The highest BCUT2D eigenvalue weighted by molar-refractivity contribution is 7.89. The number of nitriles is 1. The second kappa shape index (κ2) is 9.61. The van der Waals surface area contributed by atoms with Gasteiger partial charge in [0.2, 0.25) is 10.0 Å². The molecule has 0 radical (unpaired) electrons. The van der Waals surface area contributed by atoms with E-state index in [1.165, 1.54) is 12.1 Å². The average molecular weight is 531 g/mol. The molecule has 1 unspecified atom stereocenters. The second-order valence-corrected chi connectivity index (χ2v) is 10.3. The van der Waals surface area contributed by atoms with Gasteiger partial charge in [0.15, 0.2) is 0 Å². The Balaban J connectivity index is 1.93. The van der Waals surface area contributed by atoms with Gasteiger partial charge in [0.05, 0.1) is 22.5 Å². The third-order valence-corrected chi connectivity index (χ3v) is 7.53. The molecular formula is C26H22F4N4O2S. The lowest BCUT2D eigenvalue weighted by molar-refractivity contribution is -0.147. The quantitative estimate of drug-likeness (QED) is 0.319. The number of nitrogens with one attached hydrogen (secondary N) is 1. The van der Waals surface area contributed by atoms with Crippen LogP contribution in [0.25, 0.3) is 28.0 Å². The van der Waals surface area contributed by atoms with Gasteiger partial charge >= 0.3 is 6.18 Å². The Morgan fingerprint density at radius 3 is 2.46 bits per heavy atom. The molecule has 4 aromatic rings. The van der Waals surface area contributed by atoms with Crippen LogP contribution in [0.3, 0.4) is 0 Å². The third kappa shape index (κ3) is 4.95. The van der Waals surface area contributed by atoms with E-state index in [-0.39, 0.29) is 11.3 Å². The first-order valence-corrected chi connectivity index (χ1v) is 12.7. The van der Waals surface area contributed by atoms with Gasteiger partial charge in [0.25, 0.3) is 0 Å². The molecule has 0 amide bonds. The number of sulfonamides is 1. The van der Waals surface area contributed by atoms with Crippen LogP contribution in [0.5, 0.6) is 0 Å². The van der Waals surface area contributed by atoms with Crippen LogP contribution in [0.4, 0.5) is 17.6 Å². The molecule has 37 heavy (non-hydrogen) atoms. The predicted molar refractivity (Wildman–Crippen MR) is 131 cm³/mol. The highest BCUT2D eigenvalue weighted by Crippen LogP contribution is 2.37. The van der Waals surface area contributed by atoms with Gasteiger partial charge in [-0.3, -0.25) is 4.98 Å². The normalized spacial score (nSPS) is 13.0. The number of aryl methyl sites for hydroxylation is 2. The van der Waals surface area contributed by atoms with Crippen LogP contribution in [0.2, 0.25) is 0 Å². The molecule has 2 aromatic carbocycles. The van der Waals surface area contributed by atoms with E-state index in [1.54, 1.807) is 15.4 Å². The third-order valence-electron chi connectivity index (χ3n) is 6.00. The summed E-state index contributed by atoms with van der Waals surface area (Å²) in [7, 11) is -4.52. The molecule has 1 atom stereocenters. The fourth-order valence-corrected chi connectivity index (χ4v) is 5.23. The summed E-state index contributed by atoms with van der Waals surface area (Å²) in [6, 6.07) is 12.6. The van der Waals surface area contributed by atoms with E-state index in [4.69, 9.17) is 0 Å². The van der Waals surface area contributed by atoms with E-state index in [2.05, 4.69) is 11.1 Å². The van der Waals surface area contributed by atoms with Gasteiger partial charge in [-0.2, -0.15) is 23.2 Å². The van der Waals surface area contributed by atoms with Crippen LogP contribution in [0, 0.1) is 24.1 Å². The Morgan fingerprint density at radius 2 is 1.89 bits per heavy atom. The number of halogens is 4. The lowest BCUT2D eigenvalue weighted by Crippen LogP contribution is -2.42. The van der Waals surface area contributed by atoms with Gasteiger partial charge in [-0.15, -0.1) is 0 Å². The molecule has 0 aliphatic rings. The van der Waals surface area contributed by atoms with Gasteiger partial charge in [-0.05, 0) is 67.8 Å². The van der Waals surface area contributed by atoms with Crippen molar-refractivity contribution in [2.24, 2.45) is 0 Å². The molecule has 11 heteroatoms. The Kier molecular flexibility index (Phi) is 6.83. The van der Waals surface area contributed by atoms with Crippen LogP contribution in [0.15, 0.2) is 59.6 Å². The highest BCUT2D eigenvalue weighted by Gasteiger charge is 2.39. The van der Waals surface area contributed by atoms with Crippen LogP contribution in [-0.4, -0.2) is 30.2 Å². The smallest absolute Gasteiger partial charge is 0.307 e. The van der Waals surface area contributed by atoms with Crippen molar-refractivity contribution in [2.75, 3.05) is 0 Å². The van der Waals surface area contributed by atoms with E-state index < -0.39 is 33.0 Å². The summed E-state index contributed by atoms with van der Waals surface area (Å²) in [4.78, 5) is 3.73. The molecule has 0 fully saturated rings. The minimum atomic E-state index is -4.76. The largest absolute Gasteiger partial charge is 0.404 e. The molecule has 0 bridgehead atoms. The Morgan fingerprint density at radius 1 is 1.16 bits per heavy atom. The molecule has 2 aromatic heterocycles. The van der Waals surface area contributed by atoms with E-state index >= 15 is 0 Å². The number of alkyl halides is 3. The minimum Gasteiger partial charge on any atom is -0.307 e. The zero-order valence-corrected chi connectivity index (χ0v) is 20.9. The molecular weight excluding hydrogens is 508 g/mol. The van der Waals surface area contributed by atoms with E-state index in [0.717, 1.165) is 17.8 Å². The molecule has 2 heterocycles. The van der Waals surface area contributed by atoms with Crippen molar-refractivity contribution in [3.05, 3.63) is 77.2 Å². The zero-order valence-electron chi connectivity index (χ0n) is 20.1. The summed E-state index contributed by atoms with van der Waals surface area (Å²) in [6.07, 6.45) is -3.41. The van der Waals surface area contributed by atoms with Gasteiger partial charge in [0.1, 0.15) is 22.8 Å². The summed E-state index contributed by atoms with van der Waals surface area (Å²) >= 11 is 0. The number of pyridine rings is 1. The van der Waals surface area contributed by atoms with Crippen molar-refractivity contribution in [3.8, 4) is 23.1 Å². The zero-order chi connectivity index (χ0) is 27.1. The summed E-state index contributed by atoms with van der Waals surface area (Å²) in [5.41, 5.74) is 3.25. The highest BCUT2D eigenvalue weighted by atomic mass is 32.2. The van der Waals surface area contributed by atoms with Gasteiger partial charge in [-0.25, -0.2) is 12.8 Å². The number of hydrogen-bond donors (Lipinski definition) is 1. The maximum Gasteiger partial charge on any atom is 0.404 e. The van der Waals surface area contributed by atoms with Gasteiger partial charge in [-0.1, -0.05) is 19.1 Å². The van der Waals surface area contributed by atoms with Gasteiger partial charge in [0, 0.05) is 17.3 Å². The fourth-order valence-electron chi connectivity index (χ4n) is 4.06. The van der Waals surface area contributed by atoms with Crippen molar-refractivity contribution in [1.82, 2.24) is 14.3 Å². The molecule has 0 saturated heterocycles. The Labute approximate surface area is 211 Å². The lowest BCUT2D eigenvalue weighted by atomic mass is 10.1. The van der Waals surface area contributed by atoms with Crippen LogP contribution < -0.4 is 4.72 Å². The van der Waals surface area contributed by atoms with E-state index in [0.29, 0.717) is 41.2 Å². The van der Waals surface area contributed by atoms with Crippen molar-refractivity contribution in [1.29, 1.82) is 5.26 Å². The number of rotatable bonds is 6. The molecule has 1 N–H and O–H groups in total. The molecule has 0 saturated carbocycles. The number of fused-ring (bicyclic) bond motifs is 1. The SMILES string of the molecule is CCc1cc2c(cc1F)c(C#N)c(-c1ccc(S(=O)(=O)NC(C)C(F)(F)F)cn1)n2-c1cccc(C)c1. The Hall–Kier alpha value is -3.75. The van der Waals surface area contributed by atoms with E-state index in [1.807, 2.05) is 38.1 Å². The molecule has 0 spiro atoms. The molecule has 192 valence electrons. The first kappa shape index (κ1) is 26.3. The lowest BCUT2D eigenvalue weighted by Gasteiger charge is -2.17. The molecule has 6 nitrogen and oxygen atoms in total. The molecule has 0 aliphatic carbocycles. The first-order valence-electron chi connectivity index (χ1n) is 11.3. The fraction of sp³-hybridized carbons (Fsp3) is 0.231. The first-order chi connectivity index (χ1) is 17.4. The maximum atomic E-state index is 14.7. The molecule has 0 aliphatic heterocycles. The van der Waals surface area contributed by atoms with Crippen molar-refractivity contribution in [2.45, 2.75) is 44.3 Å². The standard InChI is InChI=1S/C26H22F4N4O2S/c1-4-17-11-24-20(12-22(17)27)21(13-31)25(34(24)18-7-5-6-15(2)10-18)23-9-8-19(14-32-23)37(35,36)33-16(3)26(28,29)30/h5-12,14,16,33H,4H2,1-3H3. The summed E-state index contributed by atoms with van der Waals surface area (Å²) < 4.78 is 81.7. The minimum absolute atomic E-state index is 0.130. The van der Waals surface area contributed by atoms with Crippen molar-refractivity contribution < 1.29 is 26.0 Å². The van der Waals surface area contributed by atoms with Crippen molar-refractivity contribution in [3.63, 3.8) is 0 Å². The summed E-state index contributed by atoms with van der Waals surface area (Å²) in [5.74, 6) is -0.460. The number of nitrogens with zero attached hydrogens (tertiary/aromatic N) is 3. The predicted octanol–water partition coefficient (Wildman–Crippen LogP) is 5.80. The maximum absolute atomic E-state index is 14.7. The summed E-state index contributed by atoms with van der Waals surface area (Å²) in [6.45, 7) is 4.40. The van der Waals surface area contributed by atoms with Crippen LogP contribution in [0.1, 0.15) is 30.5 Å². The van der Waals surface area contributed by atoms with Crippen LogP contribution >= 0.6 is 0 Å². The monoisotopic (exact) mass is 530 g/mol. The average Bonchev–Trinajstić information content (AvgIpc) is 3.15. The van der Waals surface area contributed by atoms with E-state index in [9.17, 15) is 31.2 Å².